The molecule has 0 saturated carbocycles. The minimum Gasteiger partial charge on any atom is -0.455 e. The highest BCUT2D eigenvalue weighted by Crippen LogP contribution is 2.50. The van der Waals surface area contributed by atoms with Crippen molar-refractivity contribution in [2.75, 3.05) is 0 Å². The summed E-state index contributed by atoms with van der Waals surface area (Å²) in [6.07, 6.45) is 0. The van der Waals surface area contributed by atoms with Crippen molar-refractivity contribution in [1.29, 1.82) is 0 Å². The lowest BCUT2D eigenvalue weighted by molar-refractivity contribution is 0.465. The first kappa shape index (κ1) is 19.9. The zero-order valence-electron chi connectivity index (χ0n) is 16.9. The summed E-state index contributed by atoms with van der Waals surface area (Å²) in [6, 6.07) is 29.4. The molecular formula is C28H17O3P. The molecule has 0 aromatic heterocycles. The van der Waals surface area contributed by atoms with Crippen LogP contribution >= 0.6 is 7.37 Å². The molecule has 1 aliphatic rings. The van der Waals surface area contributed by atoms with E-state index in [1.807, 2.05) is 60.7 Å². The molecule has 4 aromatic carbocycles. The van der Waals surface area contributed by atoms with Gasteiger partial charge in [0.15, 0.2) is 0 Å². The maximum Gasteiger partial charge on any atom is 0.268 e. The molecule has 0 atom stereocenters. The van der Waals surface area contributed by atoms with E-state index in [4.69, 9.17) is 4.74 Å². The first-order valence-corrected chi connectivity index (χ1v) is 11.7. The highest BCUT2D eigenvalue weighted by atomic mass is 31.2. The van der Waals surface area contributed by atoms with Crippen molar-refractivity contribution in [2.24, 2.45) is 0 Å². The number of hydrogen-bond acceptors (Lipinski definition) is 2. The lowest BCUT2D eigenvalue weighted by Crippen LogP contribution is -2.28. The van der Waals surface area contributed by atoms with Gasteiger partial charge in [-0.15, -0.1) is 0 Å². The van der Waals surface area contributed by atoms with Crippen LogP contribution in [0.3, 0.4) is 0 Å². The Kier molecular flexibility index (Phi) is 5.14. The average molecular weight is 432 g/mol. The lowest BCUT2D eigenvalue weighted by Gasteiger charge is -2.26. The molecule has 0 aliphatic carbocycles. The van der Waals surface area contributed by atoms with Crippen molar-refractivity contribution in [3.63, 3.8) is 0 Å². The van der Waals surface area contributed by atoms with Gasteiger partial charge in [0, 0.05) is 22.3 Å². The van der Waals surface area contributed by atoms with Gasteiger partial charge >= 0.3 is 0 Å². The lowest BCUT2D eigenvalue weighted by atomic mass is 10.1. The van der Waals surface area contributed by atoms with Crippen molar-refractivity contribution in [3.05, 3.63) is 119 Å². The van der Waals surface area contributed by atoms with Gasteiger partial charge in [-0.1, -0.05) is 72.2 Å². The van der Waals surface area contributed by atoms with Gasteiger partial charge in [0.25, 0.3) is 7.37 Å². The molecule has 0 unspecified atom stereocenters. The second-order valence-electron chi connectivity index (χ2n) is 7.21. The summed E-state index contributed by atoms with van der Waals surface area (Å²) in [5, 5.41) is 0.426. The third-order valence-electron chi connectivity index (χ3n) is 5.05. The Morgan fingerprint density at radius 1 is 0.562 bits per heavy atom. The van der Waals surface area contributed by atoms with Crippen molar-refractivity contribution < 1.29 is 14.2 Å². The monoisotopic (exact) mass is 432 g/mol. The van der Waals surface area contributed by atoms with E-state index in [1.54, 1.807) is 36.4 Å². The van der Waals surface area contributed by atoms with E-state index in [2.05, 4.69) is 23.7 Å². The van der Waals surface area contributed by atoms with Gasteiger partial charge in [0.05, 0.1) is 10.6 Å². The zero-order valence-corrected chi connectivity index (χ0v) is 17.8. The first-order chi connectivity index (χ1) is 15.6. The van der Waals surface area contributed by atoms with E-state index in [0.717, 1.165) is 11.1 Å². The molecule has 3 nitrogen and oxygen atoms in total. The number of hydrogen-bond donors (Lipinski definition) is 1. The van der Waals surface area contributed by atoms with E-state index in [9.17, 15) is 9.46 Å². The van der Waals surface area contributed by atoms with E-state index >= 15 is 0 Å². The van der Waals surface area contributed by atoms with Crippen LogP contribution in [0.15, 0.2) is 97.1 Å². The summed E-state index contributed by atoms with van der Waals surface area (Å²) >= 11 is 0. The molecule has 4 aromatic rings. The van der Waals surface area contributed by atoms with Gasteiger partial charge in [-0.05, 0) is 48.5 Å². The molecule has 1 N–H and O–H groups in total. The topological polar surface area (TPSA) is 46.5 Å². The highest BCUT2D eigenvalue weighted by molar-refractivity contribution is 7.74. The maximum atomic E-state index is 13.9. The van der Waals surface area contributed by atoms with Crippen molar-refractivity contribution >= 4 is 18.0 Å². The standard InChI is InChI=1S/C28H17O3P/c29-32(30)27-23(19-17-21-9-3-1-4-10-21)13-7-15-25(27)31-26-16-8-14-24(28(26)32)20-18-22-11-5-2-6-12-22/h1-16H,(H,29,30). The van der Waals surface area contributed by atoms with Crippen LogP contribution < -0.4 is 15.3 Å². The summed E-state index contributed by atoms with van der Waals surface area (Å²) in [6.45, 7) is 0. The van der Waals surface area contributed by atoms with Crippen LogP contribution in [0.4, 0.5) is 0 Å². The largest absolute Gasteiger partial charge is 0.455 e. The Morgan fingerprint density at radius 2 is 1.00 bits per heavy atom. The Morgan fingerprint density at radius 3 is 1.44 bits per heavy atom. The molecule has 0 saturated heterocycles. The Hall–Kier alpha value is -4.01. The number of ether oxygens (including phenoxy) is 1. The summed E-state index contributed by atoms with van der Waals surface area (Å²) in [4.78, 5) is 11.4. The van der Waals surface area contributed by atoms with E-state index < -0.39 is 7.37 Å². The van der Waals surface area contributed by atoms with Gasteiger partial charge in [0.2, 0.25) is 0 Å². The SMILES string of the molecule is O=P1(O)c2c(C#Cc3ccccc3)cccc2Oc2cccc(C#Cc3ccccc3)c21. The van der Waals surface area contributed by atoms with Crippen LogP contribution in [-0.4, -0.2) is 4.89 Å². The predicted molar refractivity (Wildman–Crippen MR) is 127 cm³/mol. The second kappa shape index (κ2) is 8.26. The van der Waals surface area contributed by atoms with Crippen molar-refractivity contribution in [1.82, 2.24) is 0 Å². The van der Waals surface area contributed by atoms with Gasteiger partial charge in [-0.3, -0.25) is 4.57 Å². The van der Waals surface area contributed by atoms with Gasteiger partial charge in [-0.25, -0.2) is 0 Å². The minimum atomic E-state index is -4.01. The average Bonchev–Trinajstić information content (AvgIpc) is 2.82. The molecule has 152 valence electrons. The molecule has 32 heavy (non-hydrogen) atoms. The predicted octanol–water partition coefficient (Wildman–Crippen LogP) is 4.81. The maximum absolute atomic E-state index is 13.9. The van der Waals surface area contributed by atoms with Crippen LogP contribution in [0.5, 0.6) is 11.5 Å². The molecule has 0 bridgehead atoms. The first-order valence-electron chi connectivity index (χ1n) is 10.0. The number of rotatable bonds is 0. The molecule has 1 heterocycles. The van der Waals surface area contributed by atoms with E-state index in [1.165, 1.54) is 0 Å². The molecule has 0 radical (unpaired) electrons. The molecule has 0 spiro atoms. The molecule has 0 amide bonds. The fourth-order valence-electron chi connectivity index (χ4n) is 3.59. The minimum absolute atomic E-state index is 0.213. The normalized spacial score (nSPS) is 12.7. The second-order valence-corrected chi connectivity index (χ2v) is 9.26. The molecule has 0 fully saturated rings. The van der Waals surface area contributed by atoms with Crippen molar-refractivity contribution in [2.45, 2.75) is 0 Å². The Labute approximate surface area is 186 Å². The molecule has 4 heteroatoms. The van der Waals surface area contributed by atoms with Crippen molar-refractivity contribution in [3.8, 4) is 35.2 Å². The fraction of sp³-hybridized carbons (Fsp3) is 0. The smallest absolute Gasteiger partial charge is 0.268 e. The third-order valence-corrected chi connectivity index (χ3v) is 7.19. The van der Waals surface area contributed by atoms with Gasteiger partial charge < -0.3 is 9.63 Å². The quantitative estimate of drug-likeness (QED) is 0.320. The zero-order chi connectivity index (χ0) is 22.0. The summed E-state index contributed by atoms with van der Waals surface area (Å²) in [7, 11) is -4.01. The van der Waals surface area contributed by atoms with Crippen LogP contribution in [-0.2, 0) is 4.57 Å². The van der Waals surface area contributed by atoms with Crippen LogP contribution in [0, 0.1) is 23.7 Å². The van der Waals surface area contributed by atoms with E-state index in [0.29, 0.717) is 22.6 Å². The number of fused-ring (bicyclic) bond motifs is 2. The van der Waals surface area contributed by atoms with E-state index in [-0.39, 0.29) is 10.6 Å². The van der Waals surface area contributed by atoms with Gasteiger partial charge in [-0.2, -0.15) is 0 Å². The molecule has 1 aliphatic heterocycles. The van der Waals surface area contributed by atoms with Crippen LogP contribution in [0.1, 0.15) is 22.3 Å². The molecule has 5 rings (SSSR count). The Bertz CT molecular complexity index is 1370. The molecular weight excluding hydrogens is 415 g/mol. The third kappa shape index (κ3) is 3.73. The fourth-order valence-corrected chi connectivity index (χ4v) is 5.56. The summed E-state index contributed by atoms with van der Waals surface area (Å²) in [5.74, 6) is 12.9. The highest BCUT2D eigenvalue weighted by Gasteiger charge is 2.39. The van der Waals surface area contributed by atoms with Crippen LogP contribution in [0.25, 0.3) is 0 Å². The number of benzene rings is 4. The summed E-state index contributed by atoms with van der Waals surface area (Å²) < 4.78 is 19.9. The van der Waals surface area contributed by atoms with Gasteiger partial charge in [0.1, 0.15) is 11.5 Å². The Balaban J connectivity index is 1.64. The van der Waals surface area contributed by atoms with Crippen LogP contribution in [0.2, 0.25) is 0 Å². The summed E-state index contributed by atoms with van der Waals surface area (Å²) in [5.41, 5.74) is 2.58.